The molecule has 126 valence electrons. The van der Waals surface area contributed by atoms with E-state index in [1.54, 1.807) is 0 Å². The third-order valence-electron chi connectivity index (χ3n) is 2.87. The molecule has 7 nitrogen and oxygen atoms in total. The number of esters is 1. The molecule has 0 aromatic rings. The fourth-order valence-corrected chi connectivity index (χ4v) is 1.48. The summed E-state index contributed by atoms with van der Waals surface area (Å²) in [4.78, 5) is 11.6. The first-order valence-corrected chi connectivity index (χ1v) is 6.33. The fourth-order valence-electron chi connectivity index (χ4n) is 1.48. The molecular formula is C12H22F2O7. The van der Waals surface area contributed by atoms with E-state index in [4.69, 9.17) is 5.11 Å². The standard InChI is InChI=1S/C12H22F2O7/c1-5-12(17,19-4)8(13)9(18-3)21-10(16)11(14,7-15)20-6-2/h8-9,15,17H,5-7H2,1-4H3. The van der Waals surface area contributed by atoms with Gasteiger partial charge in [-0.15, -0.1) is 0 Å². The summed E-state index contributed by atoms with van der Waals surface area (Å²) in [5, 5.41) is 18.7. The molecular weight excluding hydrogens is 294 g/mol. The van der Waals surface area contributed by atoms with Crippen molar-refractivity contribution in [2.24, 2.45) is 0 Å². The van der Waals surface area contributed by atoms with Crippen LogP contribution in [0.5, 0.6) is 0 Å². The molecule has 0 fully saturated rings. The molecule has 0 heterocycles. The Labute approximate surface area is 121 Å². The van der Waals surface area contributed by atoms with Gasteiger partial charge in [-0.05, 0) is 6.92 Å². The number of ether oxygens (including phenoxy) is 4. The quantitative estimate of drug-likeness (QED) is 0.441. The van der Waals surface area contributed by atoms with E-state index in [9.17, 15) is 18.7 Å². The normalized spacial score (nSPS) is 20.2. The van der Waals surface area contributed by atoms with Gasteiger partial charge in [-0.1, -0.05) is 6.92 Å². The van der Waals surface area contributed by atoms with E-state index in [2.05, 4.69) is 18.9 Å². The second kappa shape index (κ2) is 8.54. The highest BCUT2D eigenvalue weighted by atomic mass is 19.2. The van der Waals surface area contributed by atoms with E-state index in [-0.39, 0.29) is 13.0 Å². The smallest absolute Gasteiger partial charge is 0.377 e. The van der Waals surface area contributed by atoms with Gasteiger partial charge in [0.2, 0.25) is 18.2 Å². The van der Waals surface area contributed by atoms with Crippen LogP contribution >= 0.6 is 0 Å². The molecule has 0 bridgehead atoms. The predicted octanol–water partition coefficient (Wildman–Crippen LogP) is 0.280. The first kappa shape index (κ1) is 20.1. The summed E-state index contributed by atoms with van der Waals surface area (Å²) < 4.78 is 46.2. The molecule has 4 atom stereocenters. The highest BCUT2D eigenvalue weighted by molar-refractivity contribution is 5.78. The van der Waals surface area contributed by atoms with Crippen LogP contribution in [0, 0.1) is 0 Å². The minimum atomic E-state index is -3.14. The third kappa shape index (κ3) is 4.82. The Bertz CT molecular complexity index is 325. The first-order chi connectivity index (χ1) is 9.74. The highest BCUT2D eigenvalue weighted by Gasteiger charge is 2.48. The van der Waals surface area contributed by atoms with Gasteiger partial charge in [0, 0.05) is 27.2 Å². The maximum absolute atomic E-state index is 14.2. The molecule has 0 radical (unpaired) electrons. The Morgan fingerprint density at radius 1 is 1.33 bits per heavy atom. The zero-order valence-corrected chi connectivity index (χ0v) is 12.5. The zero-order chi connectivity index (χ0) is 16.7. The maximum atomic E-state index is 14.2. The van der Waals surface area contributed by atoms with Crippen LogP contribution in [0.1, 0.15) is 20.3 Å². The van der Waals surface area contributed by atoms with Crippen molar-refractivity contribution in [3.8, 4) is 0 Å². The number of hydrogen-bond acceptors (Lipinski definition) is 7. The molecule has 0 aliphatic heterocycles. The van der Waals surface area contributed by atoms with Crippen molar-refractivity contribution in [1.29, 1.82) is 0 Å². The van der Waals surface area contributed by atoms with Crippen LogP contribution < -0.4 is 0 Å². The van der Waals surface area contributed by atoms with Crippen LogP contribution in [0.2, 0.25) is 0 Å². The van der Waals surface area contributed by atoms with Crippen LogP contribution in [0.4, 0.5) is 8.78 Å². The topological polar surface area (TPSA) is 94.5 Å². The van der Waals surface area contributed by atoms with Crippen LogP contribution in [-0.4, -0.2) is 67.7 Å². The lowest BCUT2D eigenvalue weighted by atomic mass is 10.1. The van der Waals surface area contributed by atoms with Gasteiger partial charge in [0.1, 0.15) is 6.61 Å². The molecule has 9 heteroatoms. The number of rotatable bonds is 10. The second-order valence-electron chi connectivity index (χ2n) is 4.13. The summed E-state index contributed by atoms with van der Waals surface area (Å²) in [6, 6.07) is 0. The van der Waals surface area contributed by atoms with Gasteiger partial charge < -0.3 is 29.2 Å². The summed E-state index contributed by atoms with van der Waals surface area (Å²) in [6.45, 7) is 1.29. The van der Waals surface area contributed by atoms with E-state index in [0.29, 0.717) is 0 Å². The second-order valence-corrected chi connectivity index (χ2v) is 4.13. The monoisotopic (exact) mass is 316 g/mol. The summed E-state index contributed by atoms with van der Waals surface area (Å²) >= 11 is 0. The van der Waals surface area contributed by atoms with Crippen LogP contribution in [0.15, 0.2) is 0 Å². The lowest BCUT2D eigenvalue weighted by Crippen LogP contribution is -2.52. The molecule has 0 aliphatic rings. The largest absolute Gasteiger partial charge is 0.428 e. The molecule has 0 aliphatic carbocycles. The molecule has 0 aromatic heterocycles. The number of carbonyl (C=O) groups is 1. The maximum Gasteiger partial charge on any atom is 0.377 e. The van der Waals surface area contributed by atoms with E-state index < -0.39 is 36.7 Å². The van der Waals surface area contributed by atoms with Gasteiger partial charge >= 0.3 is 11.8 Å². The zero-order valence-electron chi connectivity index (χ0n) is 12.5. The lowest BCUT2D eigenvalue weighted by molar-refractivity contribution is -0.288. The Morgan fingerprint density at radius 2 is 1.90 bits per heavy atom. The summed E-state index contributed by atoms with van der Waals surface area (Å²) in [7, 11) is 2.05. The minimum Gasteiger partial charge on any atom is -0.428 e. The van der Waals surface area contributed by atoms with E-state index in [1.165, 1.54) is 13.8 Å². The van der Waals surface area contributed by atoms with E-state index in [1.807, 2.05) is 0 Å². The average Bonchev–Trinajstić information content (AvgIpc) is 2.50. The van der Waals surface area contributed by atoms with Crippen molar-refractivity contribution in [1.82, 2.24) is 0 Å². The summed E-state index contributed by atoms with van der Waals surface area (Å²) in [5.74, 6) is -7.08. The highest BCUT2D eigenvalue weighted by Crippen LogP contribution is 2.26. The van der Waals surface area contributed by atoms with E-state index >= 15 is 0 Å². The molecule has 0 spiro atoms. The number of carbonyl (C=O) groups excluding carboxylic acids is 1. The van der Waals surface area contributed by atoms with Gasteiger partial charge in [0.15, 0.2) is 0 Å². The predicted molar refractivity (Wildman–Crippen MR) is 66.6 cm³/mol. The van der Waals surface area contributed by atoms with Gasteiger partial charge in [0.05, 0.1) is 0 Å². The van der Waals surface area contributed by atoms with Crippen molar-refractivity contribution in [2.45, 2.75) is 44.4 Å². The van der Waals surface area contributed by atoms with Crippen molar-refractivity contribution < 1.29 is 42.7 Å². The average molecular weight is 316 g/mol. The van der Waals surface area contributed by atoms with Crippen molar-refractivity contribution in [3.05, 3.63) is 0 Å². The molecule has 2 N–H and O–H groups in total. The SMILES string of the molecule is CCOC(F)(CO)C(=O)OC(OC)C(F)C(O)(CC)OC. The molecule has 0 amide bonds. The van der Waals surface area contributed by atoms with Crippen molar-refractivity contribution >= 4 is 5.97 Å². The molecule has 0 saturated heterocycles. The summed E-state index contributed by atoms with van der Waals surface area (Å²) in [5.41, 5.74) is 0. The number of alkyl halides is 2. The molecule has 4 unspecified atom stereocenters. The molecule has 0 rings (SSSR count). The Hall–Kier alpha value is -0.870. The van der Waals surface area contributed by atoms with Gasteiger partial charge in [-0.3, -0.25) is 0 Å². The molecule has 0 aromatic carbocycles. The number of aliphatic hydroxyl groups is 2. The number of methoxy groups -OCH3 is 2. The van der Waals surface area contributed by atoms with Crippen LogP contribution in [0.3, 0.4) is 0 Å². The minimum absolute atomic E-state index is 0.172. The number of aliphatic hydroxyl groups excluding tert-OH is 1. The molecule has 0 saturated carbocycles. The Balaban J connectivity index is 5.03. The van der Waals surface area contributed by atoms with Gasteiger partial charge in [-0.25, -0.2) is 9.18 Å². The Morgan fingerprint density at radius 3 is 2.24 bits per heavy atom. The Kier molecular flexibility index (Phi) is 8.19. The molecule has 21 heavy (non-hydrogen) atoms. The lowest BCUT2D eigenvalue weighted by Gasteiger charge is -2.33. The first-order valence-electron chi connectivity index (χ1n) is 6.33. The number of halogens is 2. The van der Waals surface area contributed by atoms with Gasteiger partial charge in [-0.2, -0.15) is 4.39 Å². The third-order valence-corrected chi connectivity index (χ3v) is 2.87. The van der Waals surface area contributed by atoms with Crippen molar-refractivity contribution in [2.75, 3.05) is 27.4 Å². The van der Waals surface area contributed by atoms with Crippen LogP contribution in [0.25, 0.3) is 0 Å². The van der Waals surface area contributed by atoms with E-state index in [0.717, 1.165) is 14.2 Å². The number of hydrogen-bond donors (Lipinski definition) is 2. The van der Waals surface area contributed by atoms with Gasteiger partial charge in [0.25, 0.3) is 0 Å². The van der Waals surface area contributed by atoms with Crippen molar-refractivity contribution in [3.63, 3.8) is 0 Å². The fraction of sp³-hybridized carbons (Fsp3) is 0.917. The van der Waals surface area contributed by atoms with Crippen LogP contribution in [-0.2, 0) is 23.7 Å². The summed E-state index contributed by atoms with van der Waals surface area (Å²) in [6.07, 6.45) is -4.41.